The van der Waals surface area contributed by atoms with Crippen LogP contribution in [-0.2, 0) is 7.05 Å². The van der Waals surface area contributed by atoms with E-state index in [1.54, 1.807) is 36.0 Å². The molecule has 0 aliphatic carbocycles. The number of ether oxygens (including phenoxy) is 1. The number of hydrazine groups is 1. The van der Waals surface area contributed by atoms with Gasteiger partial charge in [0.15, 0.2) is 5.16 Å². The van der Waals surface area contributed by atoms with Crippen LogP contribution in [0.25, 0.3) is 0 Å². The molecule has 7 nitrogen and oxygen atoms in total. The molecule has 0 unspecified atom stereocenters. The molecular formula is C13H17N5O2S. The lowest BCUT2D eigenvalue weighted by Crippen LogP contribution is -2.29. The Labute approximate surface area is 126 Å². The van der Waals surface area contributed by atoms with Crippen LogP contribution in [-0.4, -0.2) is 33.0 Å². The van der Waals surface area contributed by atoms with Crippen LogP contribution in [0.4, 0.5) is 0 Å². The van der Waals surface area contributed by atoms with Crippen molar-refractivity contribution < 1.29 is 9.53 Å². The molecule has 1 aromatic carbocycles. The van der Waals surface area contributed by atoms with Crippen LogP contribution in [0.2, 0.25) is 0 Å². The Balaban J connectivity index is 1.78. The van der Waals surface area contributed by atoms with Gasteiger partial charge in [0, 0.05) is 18.4 Å². The molecule has 0 bridgehead atoms. The molecule has 112 valence electrons. The van der Waals surface area contributed by atoms with E-state index < -0.39 is 0 Å². The number of nitrogens with zero attached hydrogens (tertiary/aromatic N) is 3. The van der Waals surface area contributed by atoms with Gasteiger partial charge < -0.3 is 9.30 Å². The Morgan fingerprint density at radius 3 is 2.67 bits per heavy atom. The second kappa shape index (κ2) is 7.09. The summed E-state index contributed by atoms with van der Waals surface area (Å²) < 4.78 is 7.54. The van der Waals surface area contributed by atoms with Crippen molar-refractivity contribution >= 4 is 17.7 Å². The molecule has 0 fully saturated rings. The molecule has 0 aliphatic heterocycles. The Kier molecular flexibility index (Phi) is 5.18. The smallest absolute Gasteiger partial charge is 0.265 e. The third kappa shape index (κ3) is 3.96. The minimum Gasteiger partial charge on any atom is -0.493 e. The van der Waals surface area contributed by atoms with Crippen LogP contribution in [0.1, 0.15) is 16.2 Å². The summed E-state index contributed by atoms with van der Waals surface area (Å²) in [6.45, 7) is 2.45. The van der Waals surface area contributed by atoms with E-state index in [-0.39, 0.29) is 5.91 Å². The number of nitrogens with two attached hydrogens (primary N) is 1. The summed E-state index contributed by atoms with van der Waals surface area (Å²) in [5.41, 5.74) is 2.57. The molecule has 1 aromatic heterocycles. The molecule has 1 amide bonds. The van der Waals surface area contributed by atoms with E-state index in [4.69, 9.17) is 10.6 Å². The highest BCUT2D eigenvalue weighted by atomic mass is 32.2. The zero-order chi connectivity index (χ0) is 15.2. The molecule has 2 rings (SSSR count). The van der Waals surface area contributed by atoms with Crippen molar-refractivity contribution in [2.75, 3.05) is 12.4 Å². The highest BCUT2D eigenvalue weighted by molar-refractivity contribution is 7.99. The second-order valence-electron chi connectivity index (χ2n) is 4.28. The van der Waals surface area contributed by atoms with E-state index in [2.05, 4.69) is 15.6 Å². The fraction of sp³-hybridized carbons (Fsp3) is 0.308. The number of thioether (sulfide) groups is 1. The molecule has 21 heavy (non-hydrogen) atoms. The van der Waals surface area contributed by atoms with Gasteiger partial charge in [-0.3, -0.25) is 10.2 Å². The van der Waals surface area contributed by atoms with Gasteiger partial charge in [-0.1, -0.05) is 11.8 Å². The summed E-state index contributed by atoms with van der Waals surface area (Å²) in [6.07, 6.45) is 0. The van der Waals surface area contributed by atoms with Gasteiger partial charge >= 0.3 is 0 Å². The van der Waals surface area contributed by atoms with E-state index in [0.717, 1.165) is 16.7 Å². The average molecular weight is 307 g/mol. The zero-order valence-electron chi connectivity index (χ0n) is 11.9. The number of aryl methyl sites for hydroxylation is 1. The van der Waals surface area contributed by atoms with E-state index >= 15 is 0 Å². The first kappa shape index (κ1) is 15.3. The van der Waals surface area contributed by atoms with Gasteiger partial charge in [-0.2, -0.15) is 0 Å². The van der Waals surface area contributed by atoms with Crippen molar-refractivity contribution in [1.29, 1.82) is 0 Å². The lowest BCUT2D eigenvalue weighted by molar-refractivity contribution is 0.0953. The summed E-state index contributed by atoms with van der Waals surface area (Å²) in [5.74, 6) is 7.09. The van der Waals surface area contributed by atoms with Crippen LogP contribution in [0.3, 0.4) is 0 Å². The number of rotatable bonds is 6. The first-order chi connectivity index (χ1) is 10.1. The first-order valence-electron chi connectivity index (χ1n) is 6.34. The summed E-state index contributed by atoms with van der Waals surface area (Å²) in [7, 11) is 1.93. The standard InChI is InChI=1S/C13H17N5O2S/c1-9-16-17-13(18(9)2)21-8-7-20-11-5-3-10(4-6-11)12(19)15-14/h3-6H,7-8,14H2,1-2H3,(H,15,19). The van der Waals surface area contributed by atoms with Crippen molar-refractivity contribution in [3.8, 4) is 5.75 Å². The Hall–Kier alpha value is -2.06. The van der Waals surface area contributed by atoms with Gasteiger partial charge in [0.05, 0.1) is 6.61 Å². The van der Waals surface area contributed by atoms with Gasteiger partial charge in [0.2, 0.25) is 0 Å². The normalized spacial score (nSPS) is 10.4. The highest BCUT2D eigenvalue weighted by Crippen LogP contribution is 2.16. The number of nitrogen functional groups attached to an aromatic ring is 1. The highest BCUT2D eigenvalue weighted by Gasteiger charge is 2.06. The summed E-state index contributed by atoms with van der Waals surface area (Å²) in [6, 6.07) is 6.80. The minimum atomic E-state index is -0.324. The number of carbonyl (C=O) groups excluding carboxylic acids is 1. The SMILES string of the molecule is Cc1nnc(SCCOc2ccc(C(=O)NN)cc2)n1C. The number of nitrogens with one attached hydrogen (secondary N) is 1. The minimum absolute atomic E-state index is 0.324. The van der Waals surface area contributed by atoms with Crippen LogP contribution < -0.4 is 16.0 Å². The van der Waals surface area contributed by atoms with Crippen LogP contribution in [0.15, 0.2) is 29.4 Å². The largest absolute Gasteiger partial charge is 0.493 e. The Morgan fingerprint density at radius 1 is 1.38 bits per heavy atom. The summed E-state index contributed by atoms with van der Waals surface area (Å²) in [4.78, 5) is 11.3. The van der Waals surface area contributed by atoms with E-state index in [1.807, 2.05) is 18.5 Å². The van der Waals surface area contributed by atoms with Crippen LogP contribution in [0, 0.1) is 6.92 Å². The van der Waals surface area contributed by atoms with E-state index in [0.29, 0.717) is 17.9 Å². The lowest BCUT2D eigenvalue weighted by atomic mass is 10.2. The molecule has 2 aromatic rings. The van der Waals surface area contributed by atoms with Gasteiger partial charge in [-0.05, 0) is 31.2 Å². The van der Waals surface area contributed by atoms with Crippen molar-refractivity contribution in [2.24, 2.45) is 12.9 Å². The number of benzene rings is 1. The quantitative estimate of drug-likeness (QED) is 0.271. The number of hydrogen-bond acceptors (Lipinski definition) is 6. The monoisotopic (exact) mass is 307 g/mol. The maximum absolute atomic E-state index is 11.3. The topological polar surface area (TPSA) is 95.1 Å². The summed E-state index contributed by atoms with van der Waals surface area (Å²) in [5, 5.41) is 8.92. The Bertz CT molecular complexity index is 612. The third-order valence-corrected chi connectivity index (χ3v) is 3.87. The molecule has 0 radical (unpaired) electrons. The molecule has 0 atom stereocenters. The van der Waals surface area contributed by atoms with Crippen LogP contribution in [0.5, 0.6) is 5.75 Å². The van der Waals surface area contributed by atoms with Crippen molar-refractivity contribution in [1.82, 2.24) is 20.2 Å². The molecule has 0 saturated heterocycles. The second-order valence-corrected chi connectivity index (χ2v) is 5.35. The number of hydrogen-bond donors (Lipinski definition) is 2. The molecule has 0 saturated carbocycles. The predicted molar refractivity (Wildman–Crippen MR) is 80.1 cm³/mol. The number of carbonyl (C=O) groups is 1. The van der Waals surface area contributed by atoms with Gasteiger partial charge in [-0.15, -0.1) is 10.2 Å². The average Bonchev–Trinajstić information content (AvgIpc) is 2.83. The van der Waals surface area contributed by atoms with Crippen molar-refractivity contribution in [3.05, 3.63) is 35.7 Å². The molecule has 1 heterocycles. The summed E-state index contributed by atoms with van der Waals surface area (Å²) >= 11 is 1.58. The third-order valence-electron chi connectivity index (χ3n) is 2.88. The van der Waals surface area contributed by atoms with Gasteiger partial charge in [-0.25, -0.2) is 5.84 Å². The van der Waals surface area contributed by atoms with E-state index in [9.17, 15) is 4.79 Å². The van der Waals surface area contributed by atoms with E-state index in [1.165, 1.54) is 0 Å². The number of aromatic nitrogens is 3. The maximum Gasteiger partial charge on any atom is 0.265 e. The molecule has 0 spiro atoms. The van der Waals surface area contributed by atoms with Gasteiger partial charge in [0.25, 0.3) is 5.91 Å². The molecule has 8 heteroatoms. The van der Waals surface area contributed by atoms with Gasteiger partial charge in [0.1, 0.15) is 11.6 Å². The lowest BCUT2D eigenvalue weighted by Gasteiger charge is -2.06. The first-order valence-corrected chi connectivity index (χ1v) is 7.33. The zero-order valence-corrected chi connectivity index (χ0v) is 12.7. The van der Waals surface area contributed by atoms with Crippen LogP contribution >= 0.6 is 11.8 Å². The predicted octanol–water partition coefficient (Wildman–Crippen LogP) is 0.898. The Morgan fingerprint density at radius 2 is 2.10 bits per heavy atom. The fourth-order valence-corrected chi connectivity index (χ4v) is 2.37. The molecular weight excluding hydrogens is 290 g/mol. The van der Waals surface area contributed by atoms with Crippen molar-refractivity contribution in [2.45, 2.75) is 12.1 Å². The number of amides is 1. The molecule has 3 N–H and O–H groups in total. The maximum atomic E-state index is 11.3. The molecule has 0 aliphatic rings. The fourth-order valence-electron chi connectivity index (χ4n) is 1.59. The van der Waals surface area contributed by atoms with Crippen molar-refractivity contribution in [3.63, 3.8) is 0 Å².